The second kappa shape index (κ2) is 7.19. The van der Waals surface area contributed by atoms with Crippen LogP contribution in [0.3, 0.4) is 0 Å². The molecule has 0 aliphatic rings. The van der Waals surface area contributed by atoms with Crippen LogP contribution in [0.25, 0.3) is 0 Å². The molecule has 1 rings (SSSR count). The van der Waals surface area contributed by atoms with Gasteiger partial charge in [-0.15, -0.1) is 11.8 Å². The maximum absolute atomic E-state index is 11.9. The second-order valence-electron chi connectivity index (χ2n) is 4.08. The molecule has 0 amide bonds. The van der Waals surface area contributed by atoms with Crippen LogP contribution in [0.1, 0.15) is 17.3 Å². The number of benzene rings is 1. The van der Waals surface area contributed by atoms with E-state index in [-0.39, 0.29) is 17.9 Å². The van der Waals surface area contributed by atoms with Crippen LogP contribution in [0.2, 0.25) is 5.02 Å². The SMILES string of the molecule is CCOC(=O)c1cc(N)cc(Cl)c1SCCS(C)(=O)=O. The lowest BCUT2D eigenvalue weighted by Gasteiger charge is -2.11. The highest BCUT2D eigenvalue weighted by atomic mass is 35.5. The van der Waals surface area contributed by atoms with Crippen molar-refractivity contribution in [2.45, 2.75) is 11.8 Å². The summed E-state index contributed by atoms with van der Waals surface area (Å²) in [6.07, 6.45) is 1.16. The number of sulfone groups is 1. The summed E-state index contributed by atoms with van der Waals surface area (Å²) in [5.74, 6) is -0.223. The van der Waals surface area contributed by atoms with Gasteiger partial charge in [-0.2, -0.15) is 0 Å². The number of ether oxygens (including phenoxy) is 1. The molecule has 8 heteroatoms. The minimum Gasteiger partial charge on any atom is -0.462 e. The molecular weight excluding hydrogens is 322 g/mol. The van der Waals surface area contributed by atoms with Gasteiger partial charge in [0.1, 0.15) is 9.84 Å². The number of esters is 1. The fourth-order valence-electron chi connectivity index (χ4n) is 1.42. The molecular formula is C12H16ClNO4S2. The van der Waals surface area contributed by atoms with Crippen LogP contribution in [0.5, 0.6) is 0 Å². The van der Waals surface area contributed by atoms with Crippen LogP contribution < -0.4 is 5.73 Å². The van der Waals surface area contributed by atoms with Crippen molar-refractivity contribution in [1.82, 2.24) is 0 Å². The number of carbonyl (C=O) groups is 1. The van der Waals surface area contributed by atoms with Gasteiger partial charge in [-0.3, -0.25) is 0 Å². The van der Waals surface area contributed by atoms with E-state index in [4.69, 9.17) is 22.1 Å². The molecule has 0 aromatic heterocycles. The highest BCUT2D eigenvalue weighted by molar-refractivity contribution is 8.00. The maximum atomic E-state index is 11.9. The van der Waals surface area contributed by atoms with Gasteiger partial charge in [0.15, 0.2) is 0 Å². The summed E-state index contributed by atoms with van der Waals surface area (Å²) in [5, 5.41) is 0.312. The molecule has 0 radical (unpaired) electrons. The molecule has 0 spiro atoms. The Morgan fingerprint density at radius 1 is 1.45 bits per heavy atom. The highest BCUT2D eigenvalue weighted by Gasteiger charge is 2.17. The van der Waals surface area contributed by atoms with E-state index in [1.807, 2.05) is 0 Å². The van der Waals surface area contributed by atoms with Gasteiger partial charge in [-0.1, -0.05) is 11.6 Å². The van der Waals surface area contributed by atoms with Gasteiger partial charge in [-0.05, 0) is 19.1 Å². The molecule has 0 atom stereocenters. The van der Waals surface area contributed by atoms with E-state index < -0.39 is 15.8 Å². The molecule has 0 fully saturated rings. The van der Waals surface area contributed by atoms with Crippen LogP contribution in [0.4, 0.5) is 5.69 Å². The van der Waals surface area contributed by atoms with Gasteiger partial charge in [0, 0.05) is 22.6 Å². The minimum atomic E-state index is -3.06. The summed E-state index contributed by atoms with van der Waals surface area (Å²) >= 11 is 7.27. The summed E-state index contributed by atoms with van der Waals surface area (Å²) in [5.41, 5.74) is 6.27. The first-order valence-corrected chi connectivity index (χ1v) is 9.23. The summed E-state index contributed by atoms with van der Waals surface area (Å²) in [6.45, 7) is 1.93. The Labute approximate surface area is 127 Å². The summed E-state index contributed by atoms with van der Waals surface area (Å²) < 4.78 is 27.2. The lowest BCUT2D eigenvalue weighted by molar-refractivity contribution is 0.0522. The number of nitrogen functional groups attached to an aromatic ring is 1. The van der Waals surface area contributed by atoms with Gasteiger partial charge in [0.05, 0.1) is 22.9 Å². The van der Waals surface area contributed by atoms with Crippen molar-refractivity contribution in [1.29, 1.82) is 0 Å². The second-order valence-corrected chi connectivity index (χ2v) is 7.85. The van der Waals surface area contributed by atoms with Gasteiger partial charge < -0.3 is 10.5 Å². The molecule has 5 nitrogen and oxygen atoms in total. The van der Waals surface area contributed by atoms with Gasteiger partial charge in [0.2, 0.25) is 0 Å². The highest BCUT2D eigenvalue weighted by Crippen LogP contribution is 2.33. The summed E-state index contributed by atoms with van der Waals surface area (Å²) in [7, 11) is -3.06. The third kappa shape index (κ3) is 5.22. The standard InChI is InChI=1S/C12H16ClNO4S2/c1-3-18-12(15)9-6-8(14)7-10(13)11(9)19-4-5-20(2,16)17/h6-7H,3-5,14H2,1-2H3. The van der Waals surface area contributed by atoms with Crippen LogP contribution in [0.15, 0.2) is 17.0 Å². The number of anilines is 1. The van der Waals surface area contributed by atoms with Gasteiger partial charge in [0.25, 0.3) is 0 Å². The number of thioether (sulfide) groups is 1. The molecule has 1 aromatic rings. The van der Waals surface area contributed by atoms with Crippen LogP contribution in [0, 0.1) is 0 Å². The van der Waals surface area contributed by atoms with E-state index >= 15 is 0 Å². The van der Waals surface area contributed by atoms with Crippen molar-refractivity contribution in [3.63, 3.8) is 0 Å². The Morgan fingerprint density at radius 3 is 2.65 bits per heavy atom. The number of carbonyl (C=O) groups excluding carboxylic acids is 1. The van der Waals surface area contributed by atoms with Crippen molar-refractivity contribution in [2.75, 3.05) is 30.1 Å². The number of nitrogens with two attached hydrogens (primary N) is 1. The molecule has 0 saturated carbocycles. The van der Waals surface area contributed by atoms with Crippen LogP contribution in [-0.4, -0.2) is 38.8 Å². The van der Waals surface area contributed by atoms with Crippen molar-refractivity contribution in [3.05, 3.63) is 22.7 Å². The summed E-state index contributed by atoms with van der Waals surface area (Å²) in [4.78, 5) is 12.4. The molecule has 0 bridgehead atoms. The maximum Gasteiger partial charge on any atom is 0.339 e. The Bertz CT molecular complexity index is 602. The van der Waals surface area contributed by atoms with Crippen molar-refractivity contribution in [3.8, 4) is 0 Å². The molecule has 0 aliphatic heterocycles. The van der Waals surface area contributed by atoms with Gasteiger partial charge >= 0.3 is 5.97 Å². The zero-order valence-electron chi connectivity index (χ0n) is 11.2. The molecule has 112 valence electrons. The fraction of sp³-hybridized carbons (Fsp3) is 0.417. The average Bonchev–Trinajstić information content (AvgIpc) is 2.30. The smallest absolute Gasteiger partial charge is 0.339 e. The Kier molecular flexibility index (Phi) is 6.16. The lowest BCUT2D eigenvalue weighted by Crippen LogP contribution is -2.09. The van der Waals surface area contributed by atoms with E-state index in [0.717, 1.165) is 6.26 Å². The van der Waals surface area contributed by atoms with Crippen LogP contribution >= 0.6 is 23.4 Å². The Balaban J connectivity index is 3.01. The molecule has 2 N–H and O–H groups in total. The first kappa shape index (κ1) is 17.1. The van der Waals surface area contributed by atoms with Crippen molar-refractivity contribution >= 4 is 44.9 Å². The van der Waals surface area contributed by atoms with Gasteiger partial charge in [-0.25, -0.2) is 13.2 Å². The number of rotatable bonds is 6. The predicted molar refractivity (Wildman–Crippen MR) is 82.3 cm³/mol. The zero-order chi connectivity index (χ0) is 15.3. The van der Waals surface area contributed by atoms with E-state index in [1.54, 1.807) is 6.92 Å². The first-order chi connectivity index (χ1) is 9.24. The third-order valence-electron chi connectivity index (χ3n) is 2.26. The van der Waals surface area contributed by atoms with E-state index in [1.165, 1.54) is 23.9 Å². The Morgan fingerprint density at radius 2 is 2.10 bits per heavy atom. The minimum absolute atomic E-state index is 0.000632. The topological polar surface area (TPSA) is 86.5 Å². The average molecular weight is 338 g/mol. The Hall–Kier alpha value is -0.920. The monoisotopic (exact) mass is 337 g/mol. The number of halogens is 1. The van der Waals surface area contributed by atoms with E-state index in [9.17, 15) is 13.2 Å². The lowest BCUT2D eigenvalue weighted by atomic mass is 10.2. The molecule has 20 heavy (non-hydrogen) atoms. The predicted octanol–water partition coefficient (Wildman–Crippen LogP) is 2.24. The molecule has 0 saturated heterocycles. The zero-order valence-corrected chi connectivity index (χ0v) is 13.6. The number of hydrogen-bond donors (Lipinski definition) is 1. The fourth-order valence-corrected chi connectivity index (χ4v) is 4.05. The van der Waals surface area contributed by atoms with E-state index in [0.29, 0.717) is 21.4 Å². The quantitative estimate of drug-likeness (QED) is 0.486. The van der Waals surface area contributed by atoms with E-state index in [2.05, 4.69) is 0 Å². The molecule has 0 unspecified atom stereocenters. The van der Waals surface area contributed by atoms with Crippen molar-refractivity contribution in [2.24, 2.45) is 0 Å². The third-order valence-corrected chi connectivity index (χ3v) is 5.01. The molecule has 1 aromatic carbocycles. The van der Waals surface area contributed by atoms with Crippen molar-refractivity contribution < 1.29 is 17.9 Å². The largest absolute Gasteiger partial charge is 0.462 e. The molecule has 0 heterocycles. The van der Waals surface area contributed by atoms with Crippen LogP contribution in [-0.2, 0) is 14.6 Å². The summed E-state index contributed by atoms with van der Waals surface area (Å²) in [6, 6.07) is 3.00. The first-order valence-electron chi connectivity index (χ1n) is 5.81. The normalized spacial score (nSPS) is 11.3. The molecule has 0 aliphatic carbocycles. The number of hydrogen-bond acceptors (Lipinski definition) is 6.